The minimum atomic E-state index is -3.91. The van der Waals surface area contributed by atoms with Gasteiger partial charge in [-0.1, -0.05) is 37.3 Å². The second-order valence-corrected chi connectivity index (χ2v) is 11.4. The van der Waals surface area contributed by atoms with Gasteiger partial charge < -0.3 is 0 Å². The average Bonchev–Trinajstić information content (AvgIpc) is 3.25. The highest BCUT2D eigenvalue weighted by Crippen LogP contribution is 2.31. The lowest BCUT2D eigenvalue weighted by molar-refractivity contribution is 0.569. The Balaban J connectivity index is 1.91. The first-order chi connectivity index (χ1) is 13.7. The van der Waals surface area contributed by atoms with Crippen LogP contribution in [0.2, 0.25) is 0 Å². The van der Waals surface area contributed by atoms with Crippen LogP contribution in [0.4, 0.5) is 4.39 Å². The first-order valence-corrected chi connectivity index (χ1v) is 12.8. The summed E-state index contributed by atoms with van der Waals surface area (Å²) in [4.78, 5) is 0.0566. The number of rotatable bonds is 8. The van der Waals surface area contributed by atoms with Crippen molar-refractivity contribution in [2.24, 2.45) is 0 Å². The zero-order valence-electron chi connectivity index (χ0n) is 15.6. The molecule has 0 aliphatic heterocycles. The van der Waals surface area contributed by atoms with E-state index in [0.717, 1.165) is 35.5 Å². The second-order valence-electron chi connectivity index (χ2n) is 6.37. The van der Waals surface area contributed by atoms with E-state index in [1.54, 1.807) is 23.6 Å². The first kappa shape index (κ1) is 21.6. The number of aryl methyl sites for hydroxylation is 1. The van der Waals surface area contributed by atoms with Crippen molar-refractivity contribution < 1.29 is 21.2 Å². The van der Waals surface area contributed by atoms with Crippen LogP contribution < -0.4 is 4.72 Å². The molecule has 1 atom stereocenters. The van der Waals surface area contributed by atoms with Crippen molar-refractivity contribution in [3.8, 4) is 0 Å². The molecule has 1 heterocycles. The average molecular weight is 454 g/mol. The minimum absolute atomic E-state index is 0.0566. The highest BCUT2D eigenvalue weighted by Gasteiger charge is 2.31. The highest BCUT2D eigenvalue weighted by molar-refractivity contribution is 7.93. The second kappa shape index (κ2) is 8.74. The number of halogens is 1. The number of hydrogen-bond acceptors (Lipinski definition) is 5. The van der Waals surface area contributed by atoms with E-state index in [0.29, 0.717) is 5.56 Å². The monoisotopic (exact) mass is 453 g/mol. The van der Waals surface area contributed by atoms with Gasteiger partial charge in [0.1, 0.15) is 15.3 Å². The normalized spacial score (nSPS) is 13.3. The third-order valence-electron chi connectivity index (χ3n) is 4.49. The van der Waals surface area contributed by atoms with Gasteiger partial charge in [0.2, 0.25) is 10.0 Å². The van der Waals surface area contributed by atoms with Gasteiger partial charge in [0.05, 0.1) is 4.90 Å². The van der Waals surface area contributed by atoms with E-state index in [2.05, 4.69) is 4.72 Å². The van der Waals surface area contributed by atoms with Crippen molar-refractivity contribution >= 4 is 31.2 Å². The summed E-state index contributed by atoms with van der Waals surface area (Å²) >= 11 is 1.05. The van der Waals surface area contributed by atoms with Gasteiger partial charge in [0.25, 0.3) is 0 Å². The topological polar surface area (TPSA) is 80.3 Å². The van der Waals surface area contributed by atoms with Crippen LogP contribution in [0.15, 0.2) is 75.1 Å². The number of nitrogens with one attached hydrogen (secondary N) is 1. The highest BCUT2D eigenvalue weighted by atomic mass is 32.2. The Bertz CT molecular complexity index is 1160. The summed E-state index contributed by atoms with van der Waals surface area (Å²) in [6, 6.07) is 14.5. The van der Waals surface area contributed by atoms with Crippen LogP contribution in [0, 0.1) is 5.82 Å². The van der Waals surface area contributed by atoms with Gasteiger partial charge in [0.15, 0.2) is 9.84 Å². The van der Waals surface area contributed by atoms with Crippen molar-refractivity contribution in [3.05, 3.63) is 83.0 Å². The van der Waals surface area contributed by atoms with Crippen molar-refractivity contribution in [1.82, 2.24) is 4.72 Å². The lowest BCUT2D eigenvalue weighted by atomic mass is 10.1. The van der Waals surface area contributed by atoms with E-state index in [4.69, 9.17) is 0 Å². The van der Waals surface area contributed by atoms with Crippen molar-refractivity contribution in [3.63, 3.8) is 0 Å². The summed E-state index contributed by atoms with van der Waals surface area (Å²) < 4.78 is 67.4. The summed E-state index contributed by atoms with van der Waals surface area (Å²) in [6.45, 7) is 1.59. The van der Waals surface area contributed by atoms with Crippen LogP contribution in [0.5, 0.6) is 0 Å². The predicted octanol–water partition coefficient (Wildman–Crippen LogP) is 3.94. The molecule has 2 aromatic carbocycles. The Morgan fingerprint density at radius 2 is 1.62 bits per heavy atom. The van der Waals surface area contributed by atoms with Gasteiger partial charge in [-0.3, -0.25) is 0 Å². The first-order valence-electron chi connectivity index (χ1n) is 8.85. The largest absolute Gasteiger partial charge is 0.240 e. The lowest BCUT2D eigenvalue weighted by Crippen LogP contribution is -2.31. The van der Waals surface area contributed by atoms with E-state index in [-0.39, 0.29) is 15.6 Å². The summed E-state index contributed by atoms with van der Waals surface area (Å²) in [5.41, 5.74) is 1.30. The van der Waals surface area contributed by atoms with Gasteiger partial charge >= 0.3 is 0 Å². The molecule has 0 radical (unpaired) electrons. The fourth-order valence-corrected chi connectivity index (χ4v) is 6.84. The molecule has 3 aromatic rings. The maximum absolute atomic E-state index is 13.3. The zero-order chi connectivity index (χ0) is 21.1. The molecule has 0 spiro atoms. The molecule has 0 amide bonds. The number of sulfonamides is 1. The Labute approximate surface area is 174 Å². The van der Waals surface area contributed by atoms with Crippen LogP contribution in [-0.4, -0.2) is 23.4 Å². The van der Waals surface area contributed by atoms with Gasteiger partial charge in [-0.15, -0.1) is 11.3 Å². The summed E-state index contributed by atoms with van der Waals surface area (Å²) in [7, 11) is -7.78. The maximum Gasteiger partial charge on any atom is 0.240 e. The maximum atomic E-state index is 13.3. The van der Waals surface area contributed by atoms with E-state index in [1.807, 2.05) is 6.92 Å². The molecule has 0 bridgehead atoms. The summed E-state index contributed by atoms with van der Waals surface area (Å²) in [6.07, 6.45) is 0.777. The smallest absolute Gasteiger partial charge is 0.222 e. The van der Waals surface area contributed by atoms with E-state index < -0.39 is 30.9 Å². The summed E-state index contributed by atoms with van der Waals surface area (Å²) in [5.74, 6) is -0.502. The Morgan fingerprint density at radius 3 is 2.17 bits per heavy atom. The molecule has 0 aliphatic carbocycles. The minimum Gasteiger partial charge on any atom is -0.222 e. The molecule has 0 aliphatic rings. The van der Waals surface area contributed by atoms with Crippen LogP contribution in [-0.2, 0) is 26.3 Å². The molecule has 0 saturated carbocycles. The molecule has 1 unspecified atom stereocenters. The van der Waals surface area contributed by atoms with Crippen molar-refractivity contribution in [1.29, 1.82) is 0 Å². The molecule has 1 aromatic heterocycles. The molecule has 154 valence electrons. The molecule has 9 heteroatoms. The SMILES string of the molecule is CCc1ccc(S(=O)(=O)NCC(c2ccc(F)cc2)S(=O)(=O)c2cccs2)cc1. The van der Waals surface area contributed by atoms with Crippen molar-refractivity contribution in [2.45, 2.75) is 27.7 Å². The third-order valence-corrected chi connectivity index (χ3v) is 9.46. The standard InChI is InChI=1S/C20H20FNO4S3/c1-2-15-5-11-18(12-6-15)29(25,26)22-14-19(16-7-9-17(21)10-8-16)28(23,24)20-4-3-13-27-20/h3-13,19,22H,2,14H2,1H3. The Hall–Kier alpha value is -2.07. The third kappa shape index (κ3) is 4.92. The van der Waals surface area contributed by atoms with Crippen LogP contribution >= 0.6 is 11.3 Å². The predicted molar refractivity (Wildman–Crippen MR) is 112 cm³/mol. The summed E-state index contributed by atoms with van der Waals surface area (Å²) in [5, 5.41) is 0.445. The van der Waals surface area contributed by atoms with Gasteiger partial charge in [-0.25, -0.2) is 25.9 Å². The number of hydrogen-bond donors (Lipinski definition) is 1. The van der Waals surface area contributed by atoms with E-state index in [1.165, 1.54) is 30.3 Å². The molecule has 0 fully saturated rings. The molecule has 29 heavy (non-hydrogen) atoms. The van der Waals surface area contributed by atoms with E-state index >= 15 is 0 Å². The lowest BCUT2D eigenvalue weighted by Gasteiger charge is -2.18. The quantitative estimate of drug-likeness (QED) is 0.560. The zero-order valence-corrected chi connectivity index (χ0v) is 18.0. The van der Waals surface area contributed by atoms with Gasteiger partial charge in [-0.2, -0.15) is 0 Å². The molecular weight excluding hydrogens is 433 g/mol. The molecule has 5 nitrogen and oxygen atoms in total. The van der Waals surface area contributed by atoms with E-state index in [9.17, 15) is 21.2 Å². The number of benzene rings is 2. The number of sulfone groups is 1. The van der Waals surface area contributed by atoms with Crippen molar-refractivity contribution in [2.75, 3.05) is 6.54 Å². The fourth-order valence-electron chi connectivity index (χ4n) is 2.82. The van der Waals surface area contributed by atoms with Gasteiger partial charge in [-0.05, 0) is 53.3 Å². The van der Waals surface area contributed by atoms with Crippen LogP contribution in [0.3, 0.4) is 0 Å². The molecule has 0 saturated heterocycles. The number of thiophene rings is 1. The molecular formula is C20H20FNO4S3. The molecule has 3 rings (SSSR count). The fraction of sp³-hybridized carbons (Fsp3) is 0.200. The van der Waals surface area contributed by atoms with Gasteiger partial charge in [0, 0.05) is 6.54 Å². The molecule has 1 N–H and O–H groups in total. The Morgan fingerprint density at radius 1 is 0.966 bits per heavy atom. The van der Waals surface area contributed by atoms with Crippen LogP contribution in [0.25, 0.3) is 0 Å². The Kier molecular flexibility index (Phi) is 6.52. The van der Waals surface area contributed by atoms with Crippen LogP contribution in [0.1, 0.15) is 23.3 Å².